The second-order valence-electron chi connectivity index (χ2n) is 5.78. The van der Waals surface area contributed by atoms with Crippen molar-refractivity contribution in [3.8, 4) is 0 Å². The summed E-state index contributed by atoms with van der Waals surface area (Å²) in [5.41, 5.74) is 1.08. The number of rotatable bonds is 2. The summed E-state index contributed by atoms with van der Waals surface area (Å²) in [5.74, 6) is 0.000847. The third-order valence-electron chi connectivity index (χ3n) is 4.49. The molecule has 5 heteroatoms. The number of amides is 1. The molecule has 2 fully saturated rings. The first-order chi connectivity index (χ1) is 9.68. The van der Waals surface area contributed by atoms with E-state index >= 15 is 0 Å². The zero-order valence-electron chi connectivity index (χ0n) is 11.8. The maximum atomic E-state index is 11.4. The second kappa shape index (κ2) is 5.50. The van der Waals surface area contributed by atoms with Crippen molar-refractivity contribution in [2.45, 2.75) is 38.0 Å². The van der Waals surface area contributed by atoms with Crippen LogP contribution >= 0.6 is 0 Å². The van der Waals surface area contributed by atoms with Crippen molar-refractivity contribution in [2.24, 2.45) is 0 Å². The molecule has 20 heavy (non-hydrogen) atoms. The van der Waals surface area contributed by atoms with Crippen LogP contribution in [-0.2, 0) is 16.1 Å². The predicted octanol–water partition coefficient (Wildman–Crippen LogP) is 0.951. The number of nitrogens with zero attached hydrogens (tertiary/aromatic N) is 2. The van der Waals surface area contributed by atoms with E-state index in [0.29, 0.717) is 0 Å². The largest absolute Gasteiger partial charge is 0.363 e. The maximum Gasteiger partial charge on any atom is 0.246 e. The van der Waals surface area contributed by atoms with Gasteiger partial charge in [0.05, 0.1) is 11.6 Å². The first-order valence-corrected chi connectivity index (χ1v) is 7.22. The number of likely N-dealkylation sites (tertiary alicyclic amines) is 1. The van der Waals surface area contributed by atoms with Crippen molar-refractivity contribution in [1.82, 2.24) is 15.2 Å². The Kier molecular flexibility index (Phi) is 3.72. The standard InChI is InChI=1S/C15H21N3O2/c1-12-15(20-11-14(19)17-12)4-7-18(8-5-15)10-13-3-2-6-16-9-13/h2-3,6,9,12H,4-5,7-8,10-11H2,1H3,(H,17,19). The third kappa shape index (κ3) is 2.69. The Labute approximate surface area is 119 Å². The van der Waals surface area contributed by atoms with Gasteiger partial charge in [-0.2, -0.15) is 0 Å². The number of hydrogen-bond donors (Lipinski definition) is 1. The molecular formula is C15H21N3O2. The van der Waals surface area contributed by atoms with Gasteiger partial charge in [-0.15, -0.1) is 0 Å². The van der Waals surface area contributed by atoms with Gasteiger partial charge in [0, 0.05) is 32.0 Å². The van der Waals surface area contributed by atoms with Crippen molar-refractivity contribution in [2.75, 3.05) is 19.7 Å². The second-order valence-corrected chi connectivity index (χ2v) is 5.78. The van der Waals surface area contributed by atoms with Gasteiger partial charge < -0.3 is 10.1 Å². The van der Waals surface area contributed by atoms with Crippen molar-refractivity contribution < 1.29 is 9.53 Å². The van der Waals surface area contributed by atoms with Gasteiger partial charge in [0.2, 0.25) is 5.91 Å². The highest BCUT2D eigenvalue weighted by molar-refractivity contribution is 5.78. The summed E-state index contributed by atoms with van der Waals surface area (Å²) in [6, 6.07) is 4.18. The number of piperidine rings is 1. The number of pyridine rings is 1. The zero-order valence-corrected chi connectivity index (χ0v) is 11.8. The van der Waals surface area contributed by atoms with Crippen molar-refractivity contribution in [3.05, 3.63) is 30.1 Å². The van der Waals surface area contributed by atoms with Gasteiger partial charge in [0.1, 0.15) is 6.61 Å². The number of carbonyl (C=O) groups excluding carboxylic acids is 1. The minimum absolute atomic E-state index is 0.000847. The Morgan fingerprint density at radius 1 is 1.50 bits per heavy atom. The molecule has 1 unspecified atom stereocenters. The van der Waals surface area contributed by atoms with Crippen molar-refractivity contribution >= 4 is 5.91 Å². The third-order valence-corrected chi connectivity index (χ3v) is 4.49. The number of aromatic nitrogens is 1. The van der Waals surface area contributed by atoms with E-state index in [0.717, 1.165) is 32.5 Å². The molecule has 2 aliphatic heterocycles. The van der Waals surface area contributed by atoms with E-state index in [9.17, 15) is 4.79 Å². The lowest BCUT2D eigenvalue weighted by Crippen LogP contribution is -2.62. The van der Waals surface area contributed by atoms with Crippen LogP contribution in [0, 0.1) is 0 Å². The van der Waals surface area contributed by atoms with E-state index in [1.807, 2.05) is 19.2 Å². The van der Waals surface area contributed by atoms with Gasteiger partial charge in [0.15, 0.2) is 0 Å². The first kappa shape index (κ1) is 13.5. The molecule has 1 spiro atoms. The minimum atomic E-state index is -0.167. The van der Waals surface area contributed by atoms with Crippen LogP contribution in [-0.4, -0.2) is 47.1 Å². The summed E-state index contributed by atoms with van der Waals surface area (Å²) < 4.78 is 5.88. The molecule has 1 aromatic rings. The average Bonchev–Trinajstić information content (AvgIpc) is 2.47. The van der Waals surface area contributed by atoms with E-state index in [2.05, 4.69) is 21.3 Å². The van der Waals surface area contributed by atoms with Crippen LogP contribution in [0.1, 0.15) is 25.3 Å². The monoisotopic (exact) mass is 275 g/mol. The smallest absolute Gasteiger partial charge is 0.246 e. The molecule has 2 saturated heterocycles. The molecule has 0 bridgehead atoms. The van der Waals surface area contributed by atoms with E-state index < -0.39 is 0 Å². The molecule has 0 saturated carbocycles. The fourth-order valence-corrected chi connectivity index (χ4v) is 3.17. The maximum absolute atomic E-state index is 11.4. The fraction of sp³-hybridized carbons (Fsp3) is 0.600. The van der Waals surface area contributed by atoms with Crippen LogP contribution in [0.25, 0.3) is 0 Å². The van der Waals surface area contributed by atoms with E-state index in [4.69, 9.17) is 4.74 Å². The lowest BCUT2D eigenvalue weighted by molar-refractivity contribution is -0.159. The normalized spacial score (nSPS) is 26.4. The molecule has 0 aromatic carbocycles. The summed E-state index contributed by atoms with van der Waals surface area (Å²) in [7, 11) is 0. The molecule has 1 N–H and O–H groups in total. The summed E-state index contributed by atoms with van der Waals surface area (Å²) in [5, 5.41) is 3.01. The number of hydrogen-bond acceptors (Lipinski definition) is 4. The molecule has 0 radical (unpaired) electrons. The van der Waals surface area contributed by atoms with Gasteiger partial charge in [-0.05, 0) is 31.4 Å². The fourth-order valence-electron chi connectivity index (χ4n) is 3.17. The highest BCUT2D eigenvalue weighted by Crippen LogP contribution is 2.32. The highest BCUT2D eigenvalue weighted by atomic mass is 16.5. The Morgan fingerprint density at radius 2 is 2.30 bits per heavy atom. The molecule has 108 valence electrons. The van der Waals surface area contributed by atoms with E-state index in [1.54, 1.807) is 6.20 Å². The van der Waals surface area contributed by atoms with Gasteiger partial charge in [0.25, 0.3) is 0 Å². The topological polar surface area (TPSA) is 54.5 Å². The summed E-state index contributed by atoms with van der Waals surface area (Å²) in [4.78, 5) is 17.9. The lowest BCUT2D eigenvalue weighted by atomic mass is 9.83. The molecule has 1 amide bonds. The van der Waals surface area contributed by atoms with E-state index in [1.165, 1.54) is 5.56 Å². The van der Waals surface area contributed by atoms with E-state index in [-0.39, 0.29) is 24.2 Å². The molecule has 3 heterocycles. The molecule has 3 rings (SSSR count). The van der Waals surface area contributed by atoms with Crippen LogP contribution in [0.4, 0.5) is 0 Å². The summed E-state index contributed by atoms with van der Waals surface area (Å²) >= 11 is 0. The SMILES string of the molecule is CC1NC(=O)COC12CCN(Cc1cccnc1)CC2. The summed E-state index contributed by atoms with van der Waals surface area (Å²) in [6.07, 6.45) is 5.66. The number of nitrogens with one attached hydrogen (secondary N) is 1. The zero-order chi connectivity index (χ0) is 14.0. The van der Waals surface area contributed by atoms with Crippen LogP contribution in [0.2, 0.25) is 0 Å². The Morgan fingerprint density at radius 3 is 2.95 bits per heavy atom. The average molecular weight is 275 g/mol. The minimum Gasteiger partial charge on any atom is -0.363 e. The Bertz CT molecular complexity index is 469. The van der Waals surface area contributed by atoms with Gasteiger partial charge >= 0.3 is 0 Å². The van der Waals surface area contributed by atoms with Gasteiger partial charge in [-0.3, -0.25) is 14.7 Å². The van der Waals surface area contributed by atoms with Gasteiger partial charge in [-0.25, -0.2) is 0 Å². The number of carbonyl (C=O) groups is 1. The lowest BCUT2D eigenvalue weighted by Gasteiger charge is -2.47. The highest BCUT2D eigenvalue weighted by Gasteiger charge is 2.44. The van der Waals surface area contributed by atoms with Crippen LogP contribution in [0.15, 0.2) is 24.5 Å². The quantitative estimate of drug-likeness (QED) is 0.873. The Balaban J connectivity index is 1.58. The van der Waals surface area contributed by atoms with Crippen LogP contribution in [0.3, 0.4) is 0 Å². The molecule has 1 aromatic heterocycles. The first-order valence-electron chi connectivity index (χ1n) is 7.22. The van der Waals surface area contributed by atoms with Crippen LogP contribution < -0.4 is 5.32 Å². The summed E-state index contributed by atoms with van der Waals surface area (Å²) in [6.45, 7) is 5.18. The van der Waals surface area contributed by atoms with Crippen molar-refractivity contribution in [1.29, 1.82) is 0 Å². The molecular weight excluding hydrogens is 254 g/mol. The van der Waals surface area contributed by atoms with Crippen LogP contribution in [0.5, 0.6) is 0 Å². The molecule has 0 aliphatic carbocycles. The molecule has 1 atom stereocenters. The number of morpholine rings is 1. The molecule has 2 aliphatic rings. The van der Waals surface area contributed by atoms with Crippen molar-refractivity contribution in [3.63, 3.8) is 0 Å². The van der Waals surface area contributed by atoms with Gasteiger partial charge in [-0.1, -0.05) is 6.07 Å². The number of ether oxygens (including phenoxy) is 1. The molecule has 5 nitrogen and oxygen atoms in total. The Hall–Kier alpha value is -1.46. The predicted molar refractivity (Wildman–Crippen MR) is 75.0 cm³/mol.